The molecule has 1 aliphatic heterocycles. The molecule has 3 saturated carbocycles. The van der Waals surface area contributed by atoms with E-state index in [0.29, 0.717) is 11.3 Å². The van der Waals surface area contributed by atoms with Gasteiger partial charge in [0.2, 0.25) is 5.91 Å². The van der Waals surface area contributed by atoms with Gasteiger partial charge in [-0.2, -0.15) is 0 Å². The van der Waals surface area contributed by atoms with Crippen LogP contribution >= 0.6 is 0 Å². The van der Waals surface area contributed by atoms with E-state index in [2.05, 4.69) is 28.9 Å². The van der Waals surface area contributed by atoms with Gasteiger partial charge >= 0.3 is 0 Å². The number of H-pyrrole nitrogens is 1. The summed E-state index contributed by atoms with van der Waals surface area (Å²) < 4.78 is 0. The molecule has 2 bridgehead atoms. The molecular weight excluding hydrogens is 334 g/mol. The van der Waals surface area contributed by atoms with Gasteiger partial charge in [-0.15, -0.1) is 0 Å². The number of rotatable bonds is 5. The average molecular weight is 364 g/mol. The molecule has 2 unspecified atom stereocenters. The number of nitrogens with one attached hydrogen (secondary N) is 1. The van der Waals surface area contributed by atoms with Crippen LogP contribution in [0, 0.1) is 17.3 Å². The standard InChI is InChI=1S/C23H29N3O/c1-2-18(23-12-16(13-23)14-23)22(27)26-11-7-6-10-20(26)21-24-15-19(25-21)17-8-4-3-5-9-17/h3-5,8-9,15-16,18,20H,2,6-7,10-14H2,1H3,(H,24,25). The summed E-state index contributed by atoms with van der Waals surface area (Å²) in [5.74, 6) is 2.47. The zero-order chi connectivity index (χ0) is 18.4. The molecule has 142 valence electrons. The highest BCUT2D eigenvalue weighted by molar-refractivity contribution is 5.81. The molecule has 2 atom stereocenters. The van der Waals surface area contributed by atoms with Gasteiger partial charge in [-0.1, -0.05) is 37.3 Å². The van der Waals surface area contributed by atoms with Crippen molar-refractivity contribution in [3.8, 4) is 11.3 Å². The summed E-state index contributed by atoms with van der Waals surface area (Å²) in [7, 11) is 0. The largest absolute Gasteiger partial charge is 0.340 e. The minimum Gasteiger partial charge on any atom is -0.340 e. The Morgan fingerprint density at radius 3 is 2.70 bits per heavy atom. The van der Waals surface area contributed by atoms with Crippen LogP contribution in [0.4, 0.5) is 0 Å². The Hall–Kier alpha value is -2.10. The average Bonchev–Trinajstić information content (AvgIpc) is 3.13. The summed E-state index contributed by atoms with van der Waals surface area (Å²) in [5.41, 5.74) is 2.52. The van der Waals surface area contributed by atoms with Gasteiger partial charge in [-0.25, -0.2) is 4.98 Å². The van der Waals surface area contributed by atoms with Crippen LogP contribution in [0.3, 0.4) is 0 Å². The van der Waals surface area contributed by atoms with E-state index >= 15 is 0 Å². The Kier molecular flexibility index (Phi) is 4.10. The molecule has 1 amide bonds. The fraction of sp³-hybridized carbons (Fsp3) is 0.565. The predicted molar refractivity (Wildman–Crippen MR) is 106 cm³/mol. The Labute approximate surface area is 161 Å². The lowest BCUT2D eigenvalue weighted by Gasteiger charge is -2.65. The number of carbonyl (C=O) groups is 1. The normalized spacial score (nSPS) is 30.3. The van der Waals surface area contributed by atoms with Gasteiger partial charge in [0.15, 0.2) is 0 Å². The molecule has 6 rings (SSSR count). The third-order valence-corrected chi connectivity index (χ3v) is 7.31. The van der Waals surface area contributed by atoms with Crippen molar-refractivity contribution in [3.63, 3.8) is 0 Å². The van der Waals surface area contributed by atoms with E-state index in [1.807, 2.05) is 24.4 Å². The zero-order valence-electron chi connectivity index (χ0n) is 16.2. The fourth-order valence-corrected chi connectivity index (χ4v) is 5.79. The van der Waals surface area contributed by atoms with Crippen molar-refractivity contribution >= 4 is 5.91 Å². The van der Waals surface area contributed by atoms with E-state index in [1.54, 1.807) is 0 Å². The Morgan fingerprint density at radius 2 is 2.04 bits per heavy atom. The van der Waals surface area contributed by atoms with E-state index in [9.17, 15) is 4.79 Å². The molecule has 1 N–H and O–H groups in total. The molecule has 4 fully saturated rings. The third kappa shape index (κ3) is 2.72. The van der Waals surface area contributed by atoms with Crippen LogP contribution in [0.1, 0.15) is 63.7 Å². The Morgan fingerprint density at radius 1 is 1.26 bits per heavy atom. The van der Waals surface area contributed by atoms with Crippen LogP contribution in [-0.2, 0) is 4.79 Å². The van der Waals surface area contributed by atoms with Gasteiger partial charge in [0.25, 0.3) is 0 Å². The molecule has 4 heteroatoms. The van der Waals surface area contributed by atoms with Gasteiger partial charge in [0.1, 0.15) is 5.82 Å². The number of carbonyl (C=O) groups excluding carboxylic acids is 1. The van der Waals surface area contributed by atoms with Crippen molar-refractivity contribution < 1.29 is 4.79 Å². The number of aromatic nitrogens is 2. The van der Waals surface area contributed by atoms with Gasteiger partial charge in [-0.05, 0) is 61.8 Å². The second-order valence-corrected chi connectivity index (χ2v) is 8.89. The summed E-state index contributed by atoms with van der Waals surface area (Å²) in [6.07, 6.45) is 10.0. The van der Waals surface area contributed by atoms with Crippen molar-refractivity contribution in [2.75, 3.05) is 6.54 Å². The number of piperidine rings is 1. The van der Waals surface area contributed by atoms with Crippen LogP contribution in [0.5, 0.6) is 0 Å². The monoisotopic (exact) mass is 363 g/mol. The highest BCUT2D eigenvalue weighted by Gasteiger charge is 2.62. The van der Waals surface area contributed by atoms with Crippen molar-refractivity contribution in [3.05, 3.63) is 42.4 Å². The fourth-order valence-electron chi connectivity index (χ4n) is 5.79. The van der Waals surface area contributed by atoms with Crippen LogP contribution in [-0.4, -0.2) is 27.3 Å². The lowest BCUT2D eigenvalue weighted by Crippen LogP contribution is -2.60. The first-order chi connectivity index (χ1) is 13.2. The van der Waals surface area contributed by atoms with E-state index in [0.717, 1.165) is 48.8 Å². The summed E-state index contributed by atoms with van der Waals surface area (Å²) in [6, 6.07) is 10.4. The molecule has 2 heterocycles. The molecule has 1 aromatic heterocycles. The molecule has 2 aromatic rings. The first kappa shape index (κ1) is 17.0. The minimum absolute atomic E-state index is 0.102. The predicted octanol–water partition coefficient (Wildman–Crippen LogP) is 4.96. The number of benzene rings is 1. The lowest BCUT2D eigenvalue weighted by molar-refractivity contribution is -0.179. The minimum atomic E-state index is 0.102. The highest BCUT2D eigenvalue weighted by atomic mass is 16.2. The summed E-state index contributed by atoms with van der Waals surface area (Å²) in [5, 5.41) is 0. The molecule has 27 heavy (non-hydrogen) atoms. The Bertz CT molecular complexity index is 810. The number of amides is 1. The molecule has 4 nitrogen and oxygen atoms in total. The van der Waals surface area contributed by atoms with Gasteiger partial charge < -0.3 is 9.88 Å². The van der Waals surface area contributed by atoms with Crippen molar-refractivity contribution in [1.82, 2.24) is 14.9 Å². The van der Waals surface area contributed by atoms with E-state index in [-0.39, 0.29) is 12.0 Å². The summed E-state index contributed by atoms with van der Waals surface area (Å²) >= 11 is 0. The van der Waals surface area contributed by atoms with Gasteiger partial charge in [0, 0.05) is 12.5 Å². The van der Waals surface area contributed by atoms with Gasteiger partial charge in [-0.3, -0.25) is 4.79 Å². The van der Waals surface area contributed by atoms with E-state index in [4.69, 9.17) is 4.98 Å². The maximum atomic E-state index is 13.5. The summed E-state index contributed by atoms with van der Waals surface area (Å²) in [4.78, 5) is 23.9. The maximum Gasteiger partial charge on any atom is 0.226 e. The van der Waals surface area contributed by atoms with E-state index in [1.165, 1.54) is 25.7 Å². The SMILES string of the molecule is CCC(C(=O)N1CCCCC1c1ncc(-c2ccccc2)[nH]1)C12CC(C1)C2. The number of likely N-dealkylation sites (tertiary alicyclic amines) is 1. The highest BCUT2D eigenvalue weighted by Crippen LogP contribution is 2.69. The second-order valence-electron chi connectivity index (χ2n) is 8.89. The molecule has 1 saturated heterocycles. The maximum absolute atomic E-state index is 13.5. The first-order valence-electron chi connectivity index (χ1n) is 10.6. The quantitative estimate of drug-likeness (QED) is 0.816. The van der Waals surface area contributed by atoms with Crippen LogP contribution in [0.15, 0.2) is 36.5 Å². The van der Waals surface area contributed by atoms with Crippen molar-refractivity contribution in [1.29, 1.82) is 0 Å². The van der Waals surface area contributed by atoms with Crippen molar-refractivity contribution in [2.24, 2.45) is 17.3 Å². The van der Waals surface area contributed by atoms with Gasteiger partial charge in [0.05, 0.1) is 17.9 Å². The third-order valence-electron chi connectivity index (χ3n) is 7.31. The number of hydrogen-bond donors (Lipinski definition) is 1. The first-order valence-corrected chi connectivity index (χ1v) is 10.6. The molecule has 1 aromatic carbocycles. The molecule has 0 radical (unpaired) electrons. The lowest BCUT2D eigenvalue weighted by atomic mass is 9.40. The number of nitrogens with zero attached hydrogens (tertiary/aromatic N) is 2. The number of aromatic amines is 1. The Balaban J connectivity index is 1.39. The van der Waals surface area contributed by atoms with E-state index < -0.39 is 0 Å². The number of hydrogen-bond acceptors (Lipinski definition) is 2. The smallest absolute Gasteiger partial charge is 0.226 e. The second kappa shape index (κ2) is 6.50. The molecule has 0 spiro atoms. The number of imidazole rings is 1. The topological polar surface area (TPSA) is 49.0 Å². The zero-order valence-corrected chi connectivity index (χ0v) is 16.2. The summed E-state index contributed by atoms with van der Waals surface area (Å²) in [6.45, 7) is 3.07. The van der Waals surface area contributed by atoms with Crippen molar-refractivity contribution in [2.45, 2.75) is 57.9 Å². The van der Waals surface area contributed by atoms with Crippen LogP contribution in [0.25, 0.3) is 11.3 Å². The van der Waals surface area contributed by atoms with Crippen LogP contribution in [0.2, 0.25) is 0 Å². The molecule has 3 aliphatic carbocycles. The van der Waals surface area contributed by atoms with Crippen LogP contribution < -0.4 is 0 Å². The molecular formula is C23H29N3O. The molecule has 4 aliphatic rings.